The first-order valence-electron chi connectivity index (χ1n) is 11.1. The number of hydrogen-bond acceptors (Lipinski definition) is 4. The van der Waals surface area contributed by atoms with Gasteiger partial charge in [0.15, 0.2) is 0 Å². The molecule has 1 aliphatic heterocycles. The Hall–Kier alpha value is -3.29. The van der Waals surface area contributed by atoms with E-state index >= 15 is 0 Å². The van der Waals surface area contributed by atoms with Crippen LogP contribution in [-0.2, 0) is 21.2 Å². The molecule has 0 spiro atoms. The summed E-state index contributed by atoms with van der Waals surface area (Å²) in [6.45, 7) is 2.87. The number of sulfone groups is 1. The van der Waals surface area contributed by atoms with Crippen LogP contribution in [0.4, 0.5) is 5.69 Å². The van der Waals surface area contributed by atoms with Gasteiger partial charge in [-0.25, -0.2) is 8.42 Å². The summed E-state index contributed by atoms with van der Waals surface area (Å²) < 4.78 is 28.5. The highest BCUT2D eigenvalue weighted by Gasteiger charge is 2.26. The number of amides is 1. The first-order chi connectivity index (χ1) is 16.4. The van der Waals surface area contributed by atoms with Gasteiger partial charge in [0.25, 0.3) is 0 Å². The number of halogens is 1. The van der Waals surface area contributed by atoms with Crippen LogP contribution in [0, 0.1) is 0 Å². The first-order valence-corrected chi connectivity index (χ1v) is 13.0. The molecule has 0 N–H and O–H groups in total. The average molecular weight is 494 g/mol. The molecule has 3 aromatic carbocycles. The monoisotopic (exact) mass is 493 g/mol. The molecule has 174 valence electrons. The zero-order valence-electron chi connectivity index (χ0n) is 18.5. The van der Waals surface area contributed by atoms with Crippen LogP contribution < -0.4 is 4.90 Å². The van der Waals surface area contributed by atoms with Crippen molar-refractivity contribution in [2.75, 3.05) is 31.1 Å². The number of benzene rings is 3. The van der Waals surface area contributed by atoms with Gasteiger partial charge in [-0.2, -0.15) is 0 Å². The van der Waals surface area contributed by atoms with Crippen molar-refractivity contribution in [3.63, 3.8) is 0 Å². The Balaban J connectivity index is 1.38. The highest BCUT2D eigenvalue weighted by Crippen LogP contribution is 2.31. The molecule has 4 aromatic rings. The molecule has 6 nitrogen and oxygen atoms in total. The van der Waals surface area contributed by atoms with Crippen molar-refractivity contribution in [2.45, 2.75) is 16.3 Å². The molecule has 2 heterocycles. The number of carbonyl (C=O) groups excluding carboxylic acids is 1. The van der Waals surface area contributed by atoms with E-state index in [9.17, 15) is 13.2 Å². The van der Waals surface area contributed by atoms with E-state index in [1.54, 1.807) is 35.0 Å². The number of nitrogens with zero attached hydrogens (tertiary/aromatic N) is 3. The van der Waals surface area contributed by atoms with Crippen LogP contribution in [0.15, 0.2) is 94.9 Å². The molecule has 0 atom stereocenters. The lowest BCUT2D eigenvalue weighted by atomic mass is 10.2. The van der Waals surface area contributed by atoms with E-state index in [1.165, 1.54) is 12.1 Å². The average Bonchev–Trinajstić information content (AvgIpc) is 3.24. The lowest BCUT2D eigenvalue weighted by Gasteiger charge is -2.36. The second kappa shape index (κ2) is 9.16. The molecule has 0 bridgehead atoms. The van der Waals surface area contributed by atoms with E-state index in [4.69, 9.17) is 11.6 Å². The first kappa shape index (κ1) is 22.5. The third-order valence-corrected chi connectivity index (χ3v) is 8.27. The van der Waals surface area contributed by atoms with Gasteiger partial charge in [-0.15, -0.1) is 0 Å². The Labute approximate surface area is 203 Å². The number of para-hydroxylation sites is 2. The molecule has 8 heteroatoms. The van der Waals surface area contributed by atoms with Gasteiger partial charge in [-0.1, -0.05) is 48.0 Å². The van der Waals surface area contributed by atoms with Gasteiger partial charge in [-0.3, -0.25) is 4.79 Å². The number of rotatable bonds is 5. The number of hydrogen-bond donors (Lipinski definition) is 0. The maximum Gasteiger partial charge on any atom is 0.242 e. The van der Waals surface area contributed by atoms with Crippen molar-refractivity contribution < 1.29 is 13.2 Å². The van der Waals surface area contributed by atoms with Crippen LogP contribution in [0.5, 0.6) is 0 Å². The van der Waals surface area contributed by atoms with Gasteiger partial charge >= 0.3 is 0 Å². The van der Waals surface area contributed by atoms with Crippen LogP contribution in [0.3, 0.4) is 0 Å². The summed E-state index contributed by atoms with van der Waals surface area (Å²) in [4.78, 5) is 17.6. The quantitative estimate of drug-likeness (QED) is 0.411. The molecule has 1 amide bonds. The summed E-state index contributed by atoms with van der Waals surface area (Å²) in [5.41, 5.74) is 1.87. The van der Waals surface area contributed by atoms with E-state index in [0.29, 0.717) is 29.0 Å². The normalized spacial score (nSPS) is 14.5. The molecule has 0 unspecified atom stereocenters. The molecule has 1 aliphatic rings. The molecule has 1 saturated heterocycles. The Morgan fingerprint density at radius 3 is 2.18 bits per heavy atom. The predicted octanol–water partition coefficient (Wildman–Crippen LogP) is 4.48. The van der Waals surface area contributed by atoms with Gasteiger partial charge in [0, 0.05) is 54.0 Å². The number of piperazine rings is 1. The van der Waals surface area contributed by atoms with E-state index in [2.05, 4.69) is 17.0 Å². The fourth-order valence-electron chi connectivity index (χ4n) is 4.40. The number of anilines is 1. The lowest BCUT2D eigenvalue weighted by molar-refractivity contribution is -0.132. The summed E-state index contributed by atoms with van der Waals surface area (Å²) in [5, 5.41) is 1.07. The zero-order chi connectivity index (χ0) is 23.7. The van der Waals surface area contributed by atoms with Crippen molar-refractivity contribution in [1.82, 2.24) is 9.47 Å². The predicted molar refractivity (Wildman–Crippen MR) is 134 cm³/mol. The number of fused-ring (bicyclic) bond motifs is 1. The summed E-state index contributed by atoms with van der Waals surface area (Å²) in [7, 11) is -3.77. The smallest absolute Gasteiger partial charge is 0.242 e. The van der Waals surface area contributed by atoms with E-state index < -0.39 is 9.84 Å². The molecule has 0 aliphatic carbocycles. The van der Waals surface area contributed by atoms with Crippen LogP contribution in [0.25, 0.3) is 10.9 Å². The van der Waals surface area contributed by atoms with Crippen LogP contribution >= 0.6 is 11.6 Å². The molecule has 0 radical (unpaired) electrons. The van der Waals surface area contributed by atoms with Gasteiger partial charge < -0.3 is 14.4 Å². The molecule has 5 rings (SSSR count). The minimum absolute atomic E-state index is 0.0242. The topological polar surface area (TPSA) is 62.6 Å². The Kier molecular flexibility index (Phi) is 6.06. The van der Waals surface area contributed by atoms with Crippen molar-refractivity contribution in [1.29, 1.82) is 0 Å². The molecule has 1 fully saturated rings. The standard InChI is InChI=1S/C26H24ClN3O3S/c27-20-10-12-22(13-11-20)34(32,33)25-18-30(24-9-5-4-8-23(24)25)19-26(31)29-16-14-28(15-17-29)21-6-2-1-3-7-21/h1-13,18H,14-17,19H2. The number of aromatic nitrogens is 1. The maximum atomic E-state index is 13.4. The third kappa shape index (κ3) is 4.29. The van der Waals surface area contributed by atoms with E-state index in [1.807, 2.05) is 35.2 Å². The van der Waals surface area contributed by atoms with E-state index in [0.717, 1.165) is 18.8 Å². The Morgan fingerprint density at radius 2 is 1.47 bits per heavy atom. The summed E-state index contributed by atoms with van der Waals surface area (Å²) >= 11 is 5.94. The maximum absolute atomic E-state index is 13.4. The molecular weight excluding hydrogens is 470 g/mol. The summed E-state index contributed by atoms with van der Waals surface area (Å²) in [6.07, 6.45) is 1.58. The fraction of sp³-hybridized carbons (Fsp3) is 0.192. The van der Waals surface area contributed by atoms with Gasteiger partial charge in [0.2, 0.25) is 15.7 Å². The summed E-state index contributed by atoms with van der Waals surface area (Å²) in [5.74, 6) is -0.0242. The SMILES string of the molecule is O=C(Cn1cc(S(=O)(=O)c2ccc(Cl)cc2)c2ccccc21)N1CCN(c2ccccc2)CC1. The van der Waals surface area contributed by atoms with Crippen molar-refractivity contribution in [3.05, 3.63) is 90.1 Å². The number of carbonyl (C=O) groups is 1. The van der Waals surface area contributed by atoms with Gasteiger partial charge in [0.05, 0.1) is 9.79 Å². The minimum Gasteiger partial charge on any atom is -0.368 e. The van der Waals surface area contributed by atoms with Crippen LogP contribution in [0.1, 0.15) is 0 Å². The Morgan fingerprint density at radius 1 is 0.824 bits per heavy atom. The lowest BCUT2D eigenvalue weighted by Crippen LogP contribution is -2.49. The largest absolute Gasteiger partial charge is 0.368 e. The van der Waals surface area contributed by atoms with Crippen molar-refractivity contribution in [2.24, 2.45) is 0 Å². The summed E-state index contributed by atoms with van der Waals surface area (Å²) in [6, 6.07) is 23.6. The highest BCUT2D eigenvalue weighted by molar-refractivity contribution is 7.91. The zero-order valence-corrected chi connectivity index (χ0v) is 20.0. The Bertz CT molecular complexity index is 1430. The van der Waals surface area contributed by atoms with Crippen LogP contribution in [-0.4, -0.2) is 50.0 Å². The molecule has 0 saturated carbocycles. The van der Waals surface area contributed by atoms with Gasteiger partial charge in [0.1, 0.15) is 6.54 Å². The highest BCUT2D eigenvalue weighted by atomic mass is 35.5. The molecule has 34 heavy (non-hydrogen) atoms. The minimum atomic E-state index is -3.77. The fourth-order valence-corrected chi connectivity index (χ4v) is 6.00. The van der Waals surface area contributed by atoms with Crippen molar-refractivity contribution in [3.8, 4) is 0 Å². The second-order valence-corrected chi connectivity index (χ2v) is 10.7. The van der Waals surface area contributed by atoms with Gasteiger partial charge in [-0.05, 0) is 42.5 Å². The van der Waals surface area contributed by atoms with Crippen LogP contribution in [0.2, 0.25) is 5.02 Å². The molecular formula is C26H24ClN3O3S. The second-order valence-electron chi connectivity index (χ2n) is 8.30. The van der Waals surface area contributed by atoms with Crippen molar-refractivity contribution >= 4 is 43.9 Å². The van der Waals surface area contributed by atoms with E-state index in [-0.39, 0.29) is 22.2 Å². The molecule has 1 aromatic heterocycles. The third-order valence-electron chi connectivity index (χ3n) is 6.22.